The highest BCUT2D eigenvalue weighted by Crippen LogP contribution is 1.65. The molecule has 3 N–H and O–H groups in total. The first-order chi connectivity index (χ1) is 4.41. The number of hydrogen-bond acceptors (Lipinski definition) is 3. The number of nitrogens with one attached hydrogen (secondary N) is 1. The molecule has 0 aromatic carbocycles. The molecule has 9 heavy (non-hydrogen) atoms. The highest BCUT2D eigenvalue weighted by Gasteiger charge is 1.72. The maximum absolute atomic E-state index is 5.06. The van der Waals surface area contributed by atoms with Crippen LogP contribution < -0.4 is 11.1 Å². The van der Waals surface area contributed by atoms with Crippen molar-refractivity contribution < 1.29 is 0 Å². The highest BCUT2D eigenvalue weighted by molar-refractivity contribution is 5.70. The average Bonchev–Trinajstić information content (AvgIpc) is 1.89. The average molecular weight is 127 g/mol. The second kappa shape index (κ2) is 7.17. The van der Waals surface area contributed by atoms with E-state index in [0.717, 1.165) is 13.1 Å². The Labute approximate surface area is 55.7 Å². The van der Waals surface area contributed by atoms with Crippen LogP contribution in [0, 0.1) is 0 Å². The van der Waals surface area contributed by atoms with Gasteiger partial charge < -0.3 is 11.1 Å². The smallest absolute Gasteiger partial charge is 0.0514 e. The molecule has 0 aromatic rings. The van der Waals surface area contributed by atoms with E-state index in [0.29, 0.717) is 0 Å². The normalized spacial score (nSPS) is 11.7. The van der Waals surface area contributed by atoms with Gasteiger partial charge in [-0.05, 0) is 19.3 Å². The van der Waals surface area contributed by atoms with Gasteiger partial charge in [0, 0.05) is 12.8 Å². The summed E-state index contributed by atoms with van der Waals surface area (Å²) in [6.45, 7) is 1.72. The molecule has 0 amide bonds. The van der Waals surface area contributed by atoms with Gasteiger partial charge in [0.05, 0.1) is 6.54 Å². The predicted octanol–water partition coefficient (Wildman–Crippen LogP) is -0.251. The van der Waals surface area contributed by atoms with E-state index in [-0.39, 0.29) is 0 Å². The van der Waals surface area contributed by atoms with Gasteiger partial charge in [-0.25, -0.2) is 0 Å². The maximum Gasteiger partial charge on any atom is 0.0514 e. The fourth-order valence-corrected chi connectivity index (χ4v) is 0.361. The third-order valence-corrected chi connectivity index (χ3v) is 0.793. The zero-order valence-electron chi connectivity index (χ0n) is 5.67. The topological polar surface area (TPSA) is 50.4 Å². The largest absolute Gasteiger partial charge is 0.405 e. The van der Waals surface area contributed by atoms with Crippen LogP contribution in [0.4, 0.5) is 0 Å². The van der Waals surface area contributed by atoms with Crippen molar-refractivity contribution in [3.05, 3.63) is 12.3 Å². The molecule has 0 aliphatic rings. The van der Waals surface area contributed by atoms with Crippen LogP contribution in [-0.2, 0) is 0 Å². The molecule has 0 atom stereocenters. The summed E-state index contributed by atoms with van der Waals surface area (Å²) in [6.07, 6.45) is 4.86. The summed E-state index contributed by atoms with van der Waals surface area (Å²) in [6, 6.07) is 0. The summed E-state index contributed by atoms with van der Waals surface area (Å²) < 4.78 is 0. The third-order valence-electron chi connectivity index (χ3n) is 0.793. The van der Waals surface area contributed by atoms with Crippen LogP contribution in [0.3, 0.4) is 0 Å². The quantitative estimate of drug-likeness (QED) is 0.404. The summed E-state index contributed by atoms with van der Waals surface area (Å²) in [5.74, 6) is 0. The van der Waals surface area contributed by atoms with E-state index in [2.05, 4.69) is 10.3 Å². The number of nitrogens with zero attached hydrogens (tertiary/aromatic N) is 1. The third kappa shape index (κ3) is 7.17. The zero-order valence-corrected chi connectivity index (χ0v) is 5.67. The van der Waals surface area contributed by atoms with E-state index in [4.69, 9.17) is 5.73 Å². The molecule has 0 aliphatic heterocycles. The lowest BCUT2D eigenvalue weighted by molar-refractivity contribution is 0.804. The standard InChI is InChI=1S/C6H13N3/c1-8-5-6-9-4-2-3-7/h2-4,8H,5-7H2,1H3/b3-2-,9-4-. The summed E-state index contributed by atoms with van der Waals surface area (Å²) in [5, 5.41) is 2.98. The Kier molecular flexibility index (Phi) is 6.51. The second-order valence-corrected chi connectivity index (χ2v) is 1.54. The Hall–Kier alpha value is -0.830. The molecule has 0 rings (SSSR count). The van der Waals surface area contributed by atoms with Crippen LogP contribution in [0.2, 0.25) is 0 Å². The first kappa shape index (κ1) is 8.17. The van der Waals surface area contributed by atoms with E-state index in [9.17, 15) is 0 Å². The van der Waals surface area contributed by atoms with Gasteiger partial charge in [0.2, 0.25) is 0 Å². The number of aliphatic imine (C=N–C) groups is 1. The van der Waals surface area contributed by atoms with Crippen LogP contribution in [-0.4, -0.2) is 26.4 Å². The lowest BCUT2D eigenvalue weighted by atomic mass is 10.6. The van der Waals surface area contributed by atoms with Crippen molar-refractivity contribution in [3.63, 3.8) is 0 Å². The van der Waals surface area contributed by atoms with Crippen LogP contribution in [0.1, 0.15) is 0 Å². The van der Waals surface area contributed by atoms with Gasteiger partial charge in [-0.3, -0.25) is 4.99 Å². The molecule has 0 bridgehead atoms. The van der Waals surface area contributed by atoms with Crippen LogP contribution in [0.25, 0.3) is 0 Å². The number of allylic oxidation sites excluding steroid dienone is 1. The molecule has 3 heteroatoms. The number of rotatable bonds is 4. The van der Waals surface area contributed by atoms with Crippen molar-refractivity contribution in [2.45, 2.75) is 0 Å². The monoisotopic (exact) mass is 127 g/mol. The minimum Gasteiger partial charge on any atom is -0.405 e. The number of nitrogens with two attached hydrogens (primary N) is 1. The lowest BCUT2D eigenvalue weighted by Crippen LogP contribution is -2.10. The first-order valence-electron chi connectivity index (χ1n) is 2.93. The Morgan fingerprint density at radius 3 is 3.00 bits per heavy atom. The predicted molar refractivity (Wildman–Crippen MR) is 40.6 cm³/mol. The fourth-order valence-electron chi connectivity index (χ4n) is 0.361. The first-order valence-corrected chi connectivity index (χ1v) is 2.93. The Morgan fingerprint density at radius 2 is 2.44 bits per heavy atom. The van der Waals surface area contributed by atoms with Crippen molar-refractivity contribution in [1.29, 1.82) is 0 Å². The van der Waals surface area contributed by atoms with Crippen molar-refractivity contribution in [2.75, 3.05) is 20.1 Å². The summed E-state index contributed by atoms with van der Waals surface area (Å²) in [7, 11) is 1.90. The molecule has 0 saturated carbocycles. The van der Waals surface area contributed by atoms with E-state index in [1.54, 1.807) is 12.3 Å². The molecule has 52 valence electrons. The fraction of sp³-hybridized carbons (Fsp3) is 0.500. The SMILES string of the molecule is CNCC/N=C\C=C/N. The Bertz CT molecular complexity index is 96.5. The van der Waals surface area contributed by atoms with Gasteiger partial charge >= 0.3 is 0 Å². The molecule has 0 saturated heterocycles. The van der Waals surface area contributed by atoms with E-state index in [1.165, 1.54) is 6.20 Å². The summed E-state index contributed by atoms with van der Waals surface area (Å²) in [4.78, 5) is 4.00. The van der Waals surface area contributed by atoms with Gasteiger partial charge in [-0.2, -0.15) is 0 Å². The van der Waals surface area contributed by atoms with Crippen LogP contribution in [0.5, 0.6) is 0 Å². The van der Waals surface area contributed by atoms with Crippen LogP contribution in [0.15, 0.2) is 17.3 Å². The lowest BCUT2D eigenvalue weighted by Gasteiger charge is -1.88. The summed E-state index contributed by atoms with van der Waals surface area (Å²) >= 11 is 0. The molecule has 0 aliphatic carbocycles. The zero-order chi connectivity index (χ0) is 6.95. The van der Waals surface area contributed by atoms with E-state index >= 15 is 0 Å². The molecule has 0 aromatic heterocycles. The summed E-state index contributed by atoms with van der Waals surface area (Å²) in [5.41, 5.74) is 5.06. The van der Waals surface area contributed by atoms with Crippen molar-refractivity contribution in [3.8, 4) is 0 Å². The highest BCUT2D eigenvalue weighted by atomic mass is 14.9. The minimum absolute atomic E-state index is 0.806. The van der Waals surface area contributed by atoms with Gasteiger partial charge in [0.25, 0.3) is 0 Å². The van der Waals surface area contributed by atoms with Crippen molar-refractivity contribution in [2.24, 2.45) is 10.7 Å². The maximum atomic E-state index is 5.06. The minimum atomic E-state index is 0.806. The van der Waals surface area contributed by atoms with Gasteiger partial charge in [0.15, 0.2) is 0 Å². The number of hydrogen-bond donors (Lipinski definition) is 2. The second-order valence-electron chi connectivity index (χ2n) is 1.54. The van der Waals surface area contributed by atoms with E-state index < -0.39 is 0 Å². The van der Waals surface area contributed by atoms with E-state index in [1.807, 2.05) is 7.05 Å². The molecule has 0 fully saturated rings. The Balaban J connectivity index is 3.04. The van der Waals surface area contributed by atoms with Gasteiger partial charge in [-0.1, -0.05) is 0 Å². The van der Waals surface area contributed by atoms with Crippen molar-refractivity contribution >= 4 is 6.21 Å². The Morgan fingerprint density at radius 1 is 1.67 bits per heavy atom. The molecular formula is C6H13N3. The van der Waals surface area contributed by atoms with Crippen LogP contribution >= 0.6 is 0 Å². The molecule has 3 nitrogen and oxygen atoms in total. The molecule has 0 unspecified atom stereocenters. The van der Waals surface area contributed by atoms with Gasteiger partial charge in [-0.15, -0.1) is 0 Å². The molecule has 0 heterocycles. The van der Waals surface area contributed by atoms with Gasteiger partial charge in [0.1, 0.15) is 0 Å². The molecule has 0 spiro atoms. The number of likely N-dealkylation sites (N-methyl/N-ethyl adjacent to an activating group) is 1. The molecule has 0 radical (unpaired) electrons. The molecular weight excluding hydrogens is 114 g/mol. The van der Waals surface area contributed by atoms with Crippen molar-refractivity contribution in [1.82, 2.24) is 5.32 Å².